The first kappa shape index (κ1) is 15.6. The number of hydrogen-bond acceptors (Lipinski definition) is 3. The molecule has 0 radical (unpaired) electrons. The molecule has 114 valence electrons. The van der Waals surface area contributed by atoms with Crippen LogP contribution in [0.4, 0.5) is 0 Å². The van der Waals surface area contributed by atoms with Gasteiger partial charge in [-0.05, 0) is 37.6 Å². The molecule has 0 saturated carbocycles. The number of rotatable bonds is 5. The lowest BCUT2D eigenvalue weighted by molar-refractivity contribution is -0.147. The number of amides is 1. The maximum absolute atomic E-state index is 12.0. The number of carboxylic acids is 1. The van der Waals surface area contributed by atoms with Crippen LogP contribution in [0.1, 0.15) is 19.8 Å². The highest BCUT2D eigenvalue weighted by atomic mass is 35.5. The van der Waals surface area contributed by atoms with Gasteiger partial charge in [-0.15, -0.1) is 0 Å². The summed E-state index contributed by atoms with van der Waals surface area (Å²) < 4.78 is 5.47. The summed E-state index contributed by atoms with van der Waals surface area (Å²) in [7, 11) is 0. The topological polar surface area (TPSA) is 66.8 Å². The highest BCUT2D eigenvalue weighted by molar-refractivity contribution is 6.30. The molecule has 1 amide bonds. The molecule has 0 spiro atoms. The molecule has 1 aromatic rings. The second-order valence-electron chi connectivity index (χ2n) is 5.48. The maximum Gasteiger partial charge on any atom is 0.311 e. The van der Waals surface area contributed by atoms with Gasteiger partial charge in [-0.3, -0.25) is 9.59 Å². The molecule has 1 aliphatic rings. The van der Waals surface area contributed by atoms with Crippen molar-refractivity contribution in [1.29, 1.82) is 0 Å². The minimum absolute atomic E-state index is 0.0751. The van der Waals surface area contributed by atoms with Gasteiger partial charge in [-0.1, -0.05) is 11.6 Å². The van der Waals surface area contributed by atoms with Gasteiger partial charge in [-0.25, -0.2) is 0 Å². The van der Waals surface area contributed by atoms with E-state index in [9.17, 15) is 9.59 Å². The number of carboxylic acid groups (broad SMARTS) is 1. The lowest BCUT2D eigenvalue weighted by Crippen LogP contribution is -2.35. The molecule has 0 aliphatic carbocycles. The van der Waals surface area contributed by atoms with E-state index < -0.39 is 11.4 Å². The van der Waals surface area contributed by atoms with Crippen molar-refractivity contribution >= 4 is 23.5 Å². The summed E-state index contributed by atoms with van der Waals surface area (Å²) in [4.78, 5) is 24.8. The second kappa shape index (κ2) is 6.35. The summed E-state index contributed by atoms with van der Waals surface area (Å²) in [6.45, 7) is 2.69. The Balaban J connectivity index is 1.78. The lowest BCUT2D eigenvalue weighted by atomic mass is 9.90. The minimum Gasteiger partial charge on any atom is -0.493 e. The third-order valence-electron chi connectivity index (χ3n) is 3.74. The van der Waals surface area contributed by atoms with Crippen molar-refractivity contribution < 1.29 is 19.4 Å². The number of aliphatic carboxylic acids is 1. The zero-order valence-corrected chi connectivity index (χ0v) is 12.6. The monoisotopic (exact) mass is 311 g/mol. The Morgan fingerprint density at radius 1 is 1.38 bits per heavy atom. The molecule has 1 N–H and O–H groups in total. The Morgan fingerprint density at radius 2 is 2.05 bits per heavy atom. The van der Waals surface area contributed by atoms with Gasteiger partial charge in [-0.2, -0.15) is 0 Å². The van der Waals surface area contributed by atoms with E-state index in [1.807, 2.05) is 0 Å². The van der Waals surface area contributed by atoms with E-state index in [4.69, 9.17) is 21.4 Å². The van der Waals surface area contributed by atoms with E-state index in [0.29, 0.717) is 23.7 Å². The first-order valence-electron chi connectivity index (χ1n) is 6.80. The van der Waals surface area contributed by atoms with E-state index >= 15 is 0 Å². The van der Waals surface area contributed by atoms with Crippen LogP contribution in [0.3, 0.4) is 0 Å². The Hall–Kier alpha value is -1.75. The van der Waals surface area contributed by atoms with E-state index in [1.54, 1.807) is 36.1 Å². The van der Waals surface area contributed by atoms with Gasteiger partial charge in [0.1, 0.15) is 5.75 Å². The molecular weight excluding hydrogens is 294 g/mol. The van der Waals surface area contributed by atoms with Crippen LogP contribution in [-0.2, 0) is 9.59 Å². The first-order chi connectivity index (χ1) is 9.90. The smallest absolute Gasteiger partial charge is 0.311 e. The SMILES string of the molecule is C[C@@]1(C(=O)O)CCN(C(=O)CCOc2ccc(Cl)cc2)C1. The number of likely N-dealkylation sites (tertiary alicyclic amines) is 1. The highest BCUT2D eigenvalue weighted by Crippen LogP contribution is 2.30. The summed E-state index contributed by atoms with van der Waals surface area (Å²) in [6, 6.07) is 6.92. The highest BCUT2D eigenvalue weighted by Gasteiger charge is 2.41. The number of nitrogens with zero attached hydrogens (tertiary/aromatic N) is 1. The van der Waals surface area contributed by atoms with Crippen LogP contribution >= 0.6 is 11.6 Å². The molecule has 1 atom stereocenters. The molecule has 1 heterocycles. The summed E-state index contributed by atoms with van der Waals surface area (Å²) in [6.07, 6.45) is 0.727. The summed E-state index contributed by atoms with van der Waals surface area (Å²) >= 11 is 5.77. The van der Waals surface area contributed by atoms with Crippen LogP contribution < -0.4 is 4.74 Å². The largest absolute Gasteiger partial charge is 0.493 e. The predicted molar refractivity (Wildman–Crippen MR) is 78.5 cm³/mol. The Bertz CT molecular complexity index is 531. The average molecular weight is 312 g/mol. The molecule has 1 fully saturated rings. The zero-order valence-electron chi connectivity index (χ0n) is 11.8. The van der Waals surface area contributed by atoms with Crippen molar-refractivity contribution in [2.75, 3.05) is 19.7 Å². The number of halogens is 1. The molecule has 1 aliphatic heterocycles. The number of carbonyl (C=O) groups is 2. The molecular formula is C15H18ClNO4. The molecule has 2 rings (SSSR count). The molecule has 0 bridgehead atoms. The number of benzene rings is 1. The maximum atomic E-state index is 12.0. The summed E-state index contributed by atoms with van der Waals surface area (Å²) in [5.74, 6) is -0.270. The van der Waals surface area contributed by atoms with Gasteiger partial charge in [0.15, 0.2) is 0 Å². The Kier molecular flexibility index (Phi) is 4.73. The van der Waals surface area contributed by atoms with Crippen LogP contribution in [0.5, 0.6) is 5.75 Å². The van der Waals surface area contributed by atoms with Crippen LogP contribution in [0.15, 0.2) is 24.3 Å². The standard InChI is InChI=1S/C15H18ClNO4/c1-15(14(19)20)7-8-17(10-15)13(18)6-9-21-12-4-2-11(16)3-5-12/h2-5H,6-10H2,1H3,(H,19,20)/t15-/m1/s1. The first-order valence-corrected chi connectivity index (χ1v) is 7.18. The third-order valence-corrected chi connectivity index (χ3v) is 3.99. The van der Waals surface area contributed by atoms with Crippen molar-refractivity contribution in [2.24, 2.45) is 5.41 Å². The fourth-order valence-electron chi connectivity index (χ4n) is 2.29. The number of hydrogen-bond donors (Lipinski definition) is 1. The van der Waals surface area contributed by atoms with Gasteiger partial charge in [0, 0.05) is 18.1 Å². The van der Waals surface area contributed by atoms with E-state index in [-0.39, 0.29) is 25.5 Å². The van der Waals surface area contributed by atoms with Gasteiger partial charge in [0.2, 0.25) is 5.91 Å². The molecule has 0 aromatic heterocycles. The van der Waals surface area contributed by atoms with Gasteiger partial charge in [0.05, 0.1) is 18.4 Å². The van der Waals surface area contributed by atoms with E-state index in [2.05, 4.69) is 0 Å². The van der Waals surface area contributed by atoms with Crippen LogP contribution in [0.2, 0.25) is 5.02 Å². The Morgan fingerprint density at radius 3 is 2.62 bits per heavy atom. The number of carbonyl (C=O) groups excluding carboxylic acids is 1. The summed E-state index contributed by atoms with van der Waals surface area (Å²) in [5, 5.41) is 9.77. The van der Waals surface area contributed by atoms with Crippen LogP contribution in [0, 0.1) is 5.41 Å². The predicted octanol–water partition coefficient (Wildman–Crippen LogP) is 2.43. The van der Waals surface area contributed by atoms with E-state index in [1.165, 1.54) is 0 Å². The average Bonchev–Trinajstić information content (AvgIpc) is 2.85. The fourth-order valence-corrected chi connectivity index (χ4v) is 2.42. The Labute approximate surface area is 128 Å². The molecule has 1 aromatic carbocycles. The normalized spacial score (nSPS) is 21.3. The lowest BCUT2D eigenvalue weighted by Gasteiger charge is -2.20. The van der Waals surface area contributed by atoms with Crippen molar-refractivity contribution in [1.82, 2.24) is 4.90 Å². The minimum atomic E-state index is -0.852. The molecule has 6 heteroatoms. The molecule has 0 unspecified atom stereocenters. The second-order valence-corrected chi connectivity index (χ2v) is 5.92. The van der Waals surface area contributed by atoms with Crippen LogP contribution in [0.25, 0.3) is 0 Å². The van der Waals surface area contributed by atoms with Crippen molar-refractivity contribution in [2.45, 2.75) is 19.8 Å². The molecule has 5 nitrogen and oxygen atoms in total. The summed E-state index contributed by atoms with van der Waals surface area (Å²) in [5.41, 5.74) is -0.827. The molecule has 21 heavy (non-hydrogen) atoms. The number of ether oxygens (including phenoxy) is 1. The fraction of sp³-hybridized carbons (Fsp3) is 0.467. The van der Waals surface area contributed by atoms with Gasteiger partial charge >= 0.3 is 5.97 Å². The van der Waals surface area contributed by atoms with Crippen molar-refractivity contribution in [3.05, 3.63) is 29.3 Å². The van der Waals surface area contributed by atoms with Gasteiger partial charge in [0.25, 0.3) is 0 Å². The molecule has 1 saturated heterocycles. The third kappa shape index (κ3) is 3.88. The van der Waals surface area contributed by atoms with Crippen molar-refractivity contribution in [3.8, 4) is 5.75 Å². The van der Waals surface area contributed by atoms with Crippen molar-refractivity contribution in [3.63, 3.8) is 0 Å². The van der Waals surface area contributed by atoms with Crippen LogP contribution in [-0.4, -0.2) is 41.6 Å². The quantitative estimate of drug-likeness (QED) is 0.907. The zero-order chi connectivity index (χ0) is 15.5. The van der Waals surface area contributed by atoms with E-state index in [0.717, 1.165) is 0 Å². The van der Waals surface area contributed by atoms with Gasteiger partial charge < -0.3 is 14.7 Å².